The highest BCUT2D eigenvalue weighted by molar-refractivity contribution is 6.27. The zero-order valence-corrected chi connectivity index (χ0v) is 16.9. The van der Waals surface area contributed by atoms with E-state index < -0.39 is 11.9 Å². The first kappa shape index (κ1) is 22.7. The number of carbonyl (C=O) groups excluding carboxylic acids is 1. The molecule has 1 amide bonds. The van der Waals surface area contributed by atoms with Crippen LogP contribution in [-0.4, -0.2) is 71.1 Å². The van der Waals surface area contributed by atoms with Crippen molar-refractivity contribution in [3.63, 3.8) is 0 Å². The van der Waals surface area contributed by atoms with Gasteiger partial charge >= 0.3 is 11.9 Å². The van der Waals surface area contributed by atoms with Gasteiger partial charge in [-0.3, -0.25) is 9.69 Å². The summed E-state index contributed by atoms with van der Waals surface area (Å²) < 4.78 is 5.21. The van der Waals surface area contributed by atoms with E-state index in [0.29, 0.717) is 5.91 Å². The zero-order valence-electron chi connectivity index (χ0n) is 16.9. The Labute approximate surface area is 171 Å². The van der Waals surface area contributed by atoms with Crippen molar-refractivity contribution in [3.8, 4) is 5.75 Å². The molecule has 0 aromatic heterocycles. The molecule has 2 heterocycles. The summed E-state index contributed by atoms with van der Waals surface area (Å²) in [6.07, 6.45) is 5.80. The summed E-state index contributed by atoms with van der Waals surface area (Å²) >= 11 is 0. The van der Waals surface area contributed by atoms with Crippen LogP contribution in [0.5, 0.6) is 5.75 Å². The Kier molecular flexibility index (Phi) is 8.92. The Morgan fingerprint density at radius 2 is 1.59 bits per heavy atom. The van der Waals surface area contributed by atoms with Crippen LogP contribution in [0.25, 0.3) is 0 Å². The number of carboxylic acids is 2. The maximum atomic E-state index is 12.7. The van der Waals surface area contributed by atoms with Crippen LogP contribution < -0.4 is 4.74 Å². The van der Waals surface area contributed by atoms with Crippen molar-refractivity contribution >= 4 is 17.8 Å². The lowest BCUT2D eigenvalue weighted by Gasteiger charge is -2.36. The van der Waals surface area contributed by atoms with Gasteiger partial charge in [0.25, 0.3) is 0 Å². The number of aliphatic carboxylic acids is 2. The highest BCUT2D eigenvalue weighted by atomic mass is 16.5. The predicted molar refractivity (Wildman–Crippen MR) is 107 cm³/mol. The Balaban J connectivity index is 0.000000438. The number of methoxy groups -OCH3 is 1. The van der Waals surface area contributed by atoms with Crippen LogP contribution in [0.3, 0.4) is 0 Å². The summed E-state index contributed by atoms with van der Waals surface area (Å²) in [6.45, 7) is 4.85. The second-order valence-electron chi connectivity index (χ2n) is 7.42. The molecule has 1 atom stereocenters. The molecule has 0 saturated carbocycles. The first-order valence-electron chi connectivity index (χ1n) is 10.0. The summed E-state index contributed by atoms with van der Waals surface area (Å²) in [4.78, 5) is 35.4. The van der Waals surface area contributed by atoms with Crippen LogP contribution in [0.1, 0.15) is 37.7 Å². The predicted octanol–water partition coefficient (Wildman–Crippen LogP) is 2.08. The molecule has 0 radical (unpaired) electrons. The van der Waals surface area contributed by atoms with Crippen LogP contribution in [-0.2, 0) is 20.9 Å². The lowest BCUT2D eigenvalue weighted by Crippen LogP contribution is -2.46. The number of rotatable bonds is 4. The van der Waals surface area contributed by atoms with Gasteiger partial charge in [-0.1, -0.05) is 12.1 Å². The Morgan fingerprint density at radius 3 is 2.14 bits per heavy atom. The first-order valence-corrected chi connectivity index (χ1v) is 10.0. The van der Waals surface area contributed by atoms with Gasteiger partial charge in [0.15, 0.2) is 0 Å². The second-order valence-corrected chi connectivity index (χ2v) is 7.42. The van der Waals surface area contributed by atoms with Crippen molar-refractivity contribution in [2.45, 2.75) is 38.6 Å². The number of carboxylic acid groups (broad SMARTS) is 2. The molecule has 2 N–H and O–H groups in total. The highest BCUT2D eigenvalue weighted by Gasteiger charge is 2.29. The number of ether oxygens (including phenoxy) is 1. The van der Waals surface area contributed by atoms with Crippen LogP contribution in [0.2, 0.25) is 0 Å². The van der Waals surface area contributed by atoms with E-state index in [1.807, 2.05) is 12.1 Å². The maximum Gasteiger partial charge on any atom is 0.414 e. The van der Waals surface area contributed by atoms with Crippen LogP contribution in [0.15, 0.2) is 24.3 Å². The first-order chi connectivity index (χ1) is 13.9. The van der Waals surface area contributed by atoms with E-state index in [4.69, 9.17) is 24.5 Å². The van der Waals surface area contributed by atoms with E-state index in [0.717, 1.165) is 51.3 Å². The molecule has 2 saturated heterocycles. The number of hydrogen-bond acceptors (Lipinski definition) is 5. The molecule has 1 unspecified atom stereocenters. The SMILES string of the molecule is COc1ccc(CN2CCCC(C(=O)N3CCCCC3)C2)cc1.O=C(O)C(=O)O. The molecule has 29 heavy (non-hydrogen) atoms. The molecule has 0 bridgehead atoms. The molecular formula is C21H30N2O6. The number of piperidine rings is 2. The summed E-state index contributed by atoms with van der Waals surface area (Å²) in [5, 5.41) is 14.8. The number of amides is 1. The van der Waals surface area contributed by atoms with Gasteiger partial charge < -0.3 is 19.8 Å². The molecule has 2 fully saturated rings. The van der Waals surface area contributed by atoms with Crippen molar-refractivity contribution in [2.24, 2.45) is 5.92 Å². The van der Waals surface area contributed by atoms with Crippen molar-refractivity contribution in [3.05, 3.63) is 29.8 Å². The van der Waals surface area contributed by atoms with Gasteiger partial charge in [0.05, 0.1) is 13.0 Å². The molecule has 160 valence electrons. The number of likely N-dealkylation sites (tertiary alicyclic amines) is 2. The number of nitrogens with zero attached hydrogens (tertiary/aromatic N) is 2. The highest BCUT2D eigenvalue weighted by Crippen LogP contribution is 2.23. The number of benzene rings is 1. The molecule has 2 aliphatic heterocycles. The van der Waals surface area contributed by atoms with E-state index in [1.165, 1.54) is 24.8 Å². The molecule has 1 aromatic rings. The Hall–Kier alpha value is -2.61. The lowest BCUT2D eigenvalue weighted by molar-refractivity contribution is -0.159. The van der Waals surface area contributed by atoms with E-state index in [9.17, 15) is 4.79 Å². The molecule has 8 heteroatoms. The second kappa shape index (κ2) is 11.4. The van der Waals surface area contributed by atoms with Crippen LogP contribution >= 0.6 is 0 Å². The third-order valence-corrected chi connectivity index (χ3v) is 5.27. The number of hydrogen-bond donors (Lipinski definition) is 2. The molecule has 1 aromatic carbocycles. The van der Waals surface area contributed by atoms with Gasteiger partial charge in [-0.25, -0.2) is 9.59 Å². The smallest absolute Gasteiger partial charge is 0.414 e. The lowest BCUT2D eigenvalue weighted by atomic mass is 9.95. The standard InChI is InChI=1S/C19H28N2O2.C2H2O4/c1-23-18-9-7-16(8-10-18)14-20-11-5-6-17(15-20)19(22)21-12-3-2-4-13-21;3-1(4)2(5)6/h7-10,17H,2-6,11-15H2,1H3;(H,3,4)(H,5,6). The fraction of sp³-hybridized carbons (Fsp3) is 0.571. The zero-order chi connectivity index (χ0) is 21.2. The van der Waals surface area contributed by atoms with E-state index in [2.05, 4.69) is 21.9 Å². The molecular weight excluding hydrogens is 376 g/mol. The minimum absolute atomic E-state index is 0.195. The van der Waals surface area contributed by atoms with Gasteiger partial charge in [-0.05, 0) is 56.3 Å². The largest absolute Gasteiger partial charge is 0.497 e. The number of carbonyl (C=O) groups is 3. The summed E-state index contributed by atoms with van der Waals surface area (Å²) in [5.74, 6) is -2.17. The van der Waals surface area contributed by atoms with Gasteiger partial charge in [0.1, 0.15) is 5.75 Å². The molecule has 8 nitrogen and oxygen atoms in total. The topological polar surface area (TPSA) is 107 Å². The monoisotopic (exact) mass is 406 g/mol. The third-order valence-electron chi connectivity index (χ3n) is 5.27. The van der Waals surface area contributed by atoms with Gasteiger partial charge in [-0.2, -0.15) is 0 Å². The van der Waals surface area contributed by atoms with Crippen molar-refractivity contribution in [1.82, 2.24) is 9.80 Å². The van der Waals surface area contributed by atoms with Gasteiger partial charge in [-0.15, -0.1) is 0 Å². The van der Waals surface area contributed by atoms with Gasteiger partial charge in [0, 0.05) is 26.2 Å². The molecule has 0 spiro atoms. The summed E-state index contributed by atoms with van der Waals surface area (Å²) in [7, 11) is 1.69. The van der Waals surface area contributed by atoms with E-state index in [-0.39, 0.29) is 5.92 Å². The Morgan fingerprint density at radius 1 is 0.966 bits per heavy atom. The minimum Gasteiger partial charge on any atom is -0.497 e. The maximum absolute atomic E-state index is 12.7. The summed E-state index contributed by atoms with van der Waals surface area (Å²) in [5.41, 5.74) is 1.29. The van der Waals surface area contributed by atoms with Gasteiger partial charge in [0.2, 0.25) is 5.91 Å². The van der Waals surface area contributed by atoms with E-state index >= 15 is 0 Å². The average molecular weight is 406 g/mol. The van der Waals surface area contributed by atoms with E-state index in [1.54, 1.807) is 7.11 Å². The van der Waals surface area contributed by atoms with Crippen LogP contribution in [0, 0.1) is 5.92 Å². The molecule has 3 rings (SSSR count). The summed E-state index contributed by atoms with van der Waals surface area (Å²) in [6, 6.07) is 8.26. The third kappa shape index (κ3) is 7.38. The molecule has 2 aliphatic rings. The molecule has 0 aliphatic carbocycles. The fourth-order valence-corrected chi connectivity index (χ4v) is 3.76. The minimum atomic E-state index is -1.82. The Bertz CT molecular complexity index is 673. The average Bonchev–Trinajstić information content (AvgIpc) is 2.75. The van der Waals surface area contributed by atoms with Crippen molar-refractivity contribution < 1.29 is 29.3 Å². The quantitative estimate of drug-likeness (QED) is 0.737. The van der Waals surface area contributed by atoms with Crippen LogP contribution in [0.4, 0.5) is 0 Å². The van der Waals surface area contributed by atoms with Crippen molar-refractivity contribution in [1.29, 1.82) is 0 Å². The normalized spacial score (nSPS) is 19.6. The fourth-order valence-electron chi connectivity index (χ4n) is 3.76. The van der Waals surface area contributed by atoms with Crippen molar-refractivity contribution in [2.75, 3.05) is 33.3 Å².